The van der Waals surface area contributed by atoms with Gasteiger partial charge in [0.15, 0.2) is 0 Å². The molecule has 0 bridgehead atoms. The van der Waals surface area contributed by atoms with Gasteiger partial charge in [-0.25, -0.2) is 0 Å². The lowest BCUT2D eigenvalue weighted by molar-refractivity contribution is 0.281. The molecule has 1 aliphatic rings. The second kappa shape index (κ2) is 7.11. The van der Waals surface area contributed by atoms with Gasteiger partial charge >= 0.3 is 0 Å². The van der Waals surface area contributed by atoms with Gasteiger partial charge in [-0.2, -0.15) is 0 Å². The molecule has 94 valence electrons. The highest BCUT2D eigenvalue weighted by molar-refractivity contribution is 4.99. The van der Waals surface area contributed by atoms with Crippen LogP contribution < -0.4 is 5.32 Å². The van der Waals surface area contributed by atoms with Gasteiger partial charge in [-0.1, -0.05) is 38.8 Å². The molecular weight excluding hydrogens is 194 g/mol. The molecule has 16 heavy (non-hydrogen) atoms. The van der Waals surface area contributed by atoms with Crippen molar-refractivity contribution in [3.63, 3.8) is 0 Å². The Labute approximate surface area is 102 Å². The summed E-state index contributed by atoms with van der Waals surface area (Å²) in [4.78, 5) is 0. The number of rotatable bonds is 6. The third kappa shape index (κ3) is 4.29. The van der Waals surface area contributed by atoms with Crippen molar-refractivity contribution in [3.05, 3.63) is 12.2 Å². The van der Waals surface area contributed by atoms with E-state index >= 15 is 0 Å². The summed E-state index contributed by atoms with van der Waals surface area (Å²) in [6.07, 6.45) is 9.30. The van der Waals surface area contributed by atoms with E-state index in [1.807, 2.05) is 0 Å². The summed E-state index contributed by atoms with van der Waals surface area (Å²) in [6, 6.07) is 1.48. The van der Waals surface area contributed by atoms with Crippen LogP contribution in [0.3, 0.4) is 0 Å². The summed E-state index contributed by atoms with van der Waals surface area (Å²) >= 11 is 0. The maximum atomic E-state index is 4.12. The van der Waals surface area contributed by atoms with Crippen LogP contribution in [0.15, 0.2) is 12.2 Å². The molecular formula is C15H29N. The number of nitrogens with one attached hydrogen (secondary N) is 1. The summed E-state index contributed by atoms with van der Waals surface area (Å²) < 4.78 is 0. The lowest BCUT2D eigenvalue weighted by atomic mass is 9.81. The molecule has 0 aromatic heterocycles. The Hall–Kier alpha value is -0.300. The zero-order valence-electron chi connectivity index (χ0n) is 11.4. The lowest BCUT2D eigenvalue weighted by Crippen LogP contribution is -2.41. The van der Waals surface area contributed by atoms with E-state index in [9.17, 15) is 0 Å². The predicted octanol–water partition coefficient (Wildman–Crippen LogP) is 4.29. The van der Waals surface area contributed by atoms with Gasteiger partial charge < -0.3 is 5.32 Å². The molecule has 0 aromatic carbocycles. The van der Waals surface area contributed by atoms with E-state index in [1.165, 1.54) is 50.5 Å². The molecule has 3 unspecified atom stereocenters. The van der Waals surface area contributed by atoms with Gasteiger partial charge in [-0.3, -0.25) is 0 Å². The van der Waals surface area contributed by atoms with E-state index in [4.69, 9.17) is 0 Å². The number of hydrogen-bond donors (Lipinski definition) is 1. The van der Waals surface area contributed by atoms with Crippen molar-refractivity contribution in [3.8, 4) is 0 Å². The zero-order valence-corrected chi connectivity index (χ0v) is 11.4. The molecule has 0 aliphatic heterocycles. The van der Waals surface area contributed by atoms with Crippen LogP contribution in [0.25, 0.3) is 0 Å². The Morgan fingerprint density at radius 2 is 2.12 bits per heavy atom. The second-order valence-corrected chi connectivity index (χ2v) is 5.47. The Bertz CT molecular complexity index is 209. The number of allylic oxidation sites excluding steroid dienone is 1. The van der Waals surface area contributed by atoms with Gasteiger partial charge in [0.1, 0.15) is 0 Å². The fourth-order valence-electron chi connectivity index (χ4n) is 2.88. The first-order valence-corrected chi connectivity index (χ1v) is 7.08. The highest BCUT2D eigenvalue weighted by Crippen LogP contribution is 2.29. The summed E-state index contributed by atoms with van der Waals surface area (Å²) in [7, 11) is 0. The molecule has 3 atom stereocenters. The van der Waals surface area contributed by atoms with E-state index in [2.05, 4.69) is 32.7 Å². The highest BCUT2D eigenvalue weighted by atomic mass is 14.9. The molecule has 0 saturated heterocycles. The highest BCUT2D eigenvalue weighted by Gasteiger charge is 2.23. The molecule has 0 aromatic rings. The van der Waals surface area contributed by atoms with Crippen LogP contribution >= 0.6 is 0 Å². The third-order valence-electron chi connectivity index (χ3n) is 3.97. The summed E-state index contributed by atoms with van der Waals surface area (Å²) in [5.41, 5.74) is 1.38. The van der Waals surface area contributed by atoms with Crippen LogP contribution in [-0.2, 0) is 0 Å². The Morgan fingerprint density at radius 3 is 2.69 bits per heavy atom. The molecule has 0 heterocycles. The van der Waals surface area contributed by atoms with Gasteiger partial charge in [0.2, 0.25) is 0 Å². The predicted molar refractivity (Wildman–Crippen MR) is 72.7 cm³/mol. The monoisotopic (exact) mass is 223 g/mol. The maximum absolute atomic E-state index is 4.12. The molecule has 0 radical (unpaired) electrons. The van der Waals surface area contributed by atoms with Crippen molar-refractivity contribution >= 4 is 0 Å². The fraction of sp³-hybridized carbons (Fsp3) is 0.867. The topological polar surface area (TPSA) is 12.0 Å². The van der Waals surface area contributed by atoms with Crippen molar-refractivity contribution in [1.82, 2.24) is 5.32 Å². The second-order valence-electron chi connectivity index (χ2n) is 5.47. The minimum absolute atomic E-state index is 0.735. The quantitative estimate of drug-likeness (QED) is 0.662. The van der Waals surface area contributed by atoms with Crippen LogP contribution in [0.1, 0.15) is 65.7 Å². The molecule has 1 nitrogen and oxygen atoms in total. The molecule has 1 fully saturated rings. The van der Waals surface area contributed by atoms with Gasteiger partial charge in [-0.05, 0) is 44.9 Å². The first-order chi connectivity index (χ1) is 7.67. The van der Waals surface area contributed by atoms with Crippen LogP contribution in [0, 0.1) is 5.92 Å². The molecule has 1 aliphatic carbocycles. The molecule has 0 spiro atoms. The van der Waals surface area contributed by atoms with Crippen molar-refractivity contribution in [2.45, 2.75) is 77.8 Å². The summed E-state index contributed by atoms with van der Waals surface area (Å²) in [5, 5.41) is 3.85. The maximum Gasteiger partial charge on any atom is 0.00753 e. The first kappa shape index (κ1) is 13.8. The normalized spacial score (nSPS) is 27.7. The van der Waals surface area contributed by atoms with Gasteiger partial charge in [0.05, 0.1) is 0 Å². The van der Waals surface area contributed by atoms with Crippen molar-refractivity contribution < 1.29 is 0 Å². The van der Waals surface area contributed by atoms with E-state index in [0.717, 1.165) is 18.0 Å². The largest absolute Gasteiger partial charge is 0.311 e. The fourth-order valence-corrected chi connectivity index (χ4v) is 2.88. The first-order valence-electron chi connectivity index (χ1n) is 7.08. The van der Waals surface area contributed by atoms with Crippen LogP contribution in [-0.4, -0.2) is 12.1 Å². The molecule has 0 amide bonds. The average Bonchev–Trinajstić information content (AvgIpc) is 2.29. The van der Waals surface area contributed by atoms with Crippen molar-refractivity contribution in [1.29, 1.82) is 0 Å². The van der Waals surface area contributed by atoms with Gasteiger partial charge in [0, 0.05) is 12.1 Å². The average molecular weight is 223 g/mol. The Kier molecular flexibility index (Phi) is 6.12. The van der Waals surface area contributed by atoms with E-state index in [-0.39, 0.29) is 0 Å². The summed E-state index contributed by atoms with van der Waals surface area (Å²) in [6.45, 7) is 10.9. The van der Waals surface area contributed by atoms with E-state index in [0.29, 0.717) is 0 Å². The Morgan fingerprint density at radius 1 is 1.38 bits per heavy atom. The Balaban J connectivity index is 2.38. The van der Waals surface area contributed by atoms with E-state index < -0.39 is 0 Å². The molecule has 1 saturated carbocycles. The standard InChI is InChI=1S/C15H29N/c1-5-8-14(6-2)16-15-10-7-9-13(11-15)12(3)4/h13-16H,3,5-11H2,1-2,4H3. The lowest BCUT2D eigenvalue weighted by Gasteiger charge is -2.33. The molecule has 1 rings (SSSR count). The molecule has 1 heteroatoms. The van der Waals surface area contributed by atoms with Crippen LogP contribution in [0.4, 0.5) is 0 Å². The minimum atomic E-state index is 0.735. The zero-order chi connectivity index (χ0) is 12.0. The third-order valence-corrected chi connectivity index (χ3v) is 3.97. The number of hydrogen-bond acceptors (Lipinski definition) is 1. The SMILES string of the molecule is C=C(C)C1CCCC(NC(CC)CCC)C1. The molecule has 1 N–H and O–H groups in total. The van der Waals surface area contributed by atoms with E-state index in [1.54, 1.807) is 0 Å². The van der Waals surface area contributed by atoms with Gasteiger partial charge in [0.25, 0.3) is 0 Å². The van der Waals surface area contributed by atoms with Crippen molar-refractivity contribution in [2.75, 3.05) is 0 Å². The summed E-state index contributed by atoms with van der Waals surface area (Å²) in [5.74, 6) is 0.769. The van der Waals surface area contributed by atoms with Crippen LogP contribution in [0.2, 0.25) is 0 Å². The van der Waals surface area contributed by atoms with Crippen LogP contribution in [0.5, 0.6) is 0 Å². The smallest absolute Gasteiger partial charge is 0.00753 e. The van der Waals surface area contributed by atoms with Gasteiger partial charge in [-0.15, -0.1) is 0 Å². The minimum Gasteiger partial charge on any atom is -0.311 e. The van der Waals surface area contributed by atoms with Crippen molar-refractivity contribution in [2.24, 2.45) is 5.92 Å².